The molecule has 0 amide bonds. The molecule has 1 aliphatic rings. The number of hydrogen-bond donors (Lipinski definition) is 0. The van der Waals surface area contributed by atoms with E-state index in [1.807, 2.05) is 13.0 Å². The van der Waals surface area contributed by atoms with Crippen molar-refractivity contribution in [2.45, 2.75) is 33.2 Å². The van der Waals surface area contributed by atoms with Gasteiger partial charge < -0.3 is 4.90 Å². The van der Waals surface area contributed by atoms with Crippen LogP contribution in [-0.2, 0) is 6.42 Å². The van der Waals surface area contributed by atoms with Crippen LogP contribution in [0.4, 0.5) is 11.6 Å². The van der Waals surface area contributed by atoms with E-state index in [-0.39, 0.29) is 5.78 Å². The number of aryl methyl sites for hydroxylation is 1. The van der Waals surface area contributed by atoms with Gasteiger partial charge in [0.2, 0.25) is 5.95 Å². The average Bonchev–Trinajstić information content (AvgIpc) is 2.73. The van der Waals surface area contributed by atoms with Crippen LogP contribution in [0.2, 0.25) is 0 Å². The molecule has 0 aliphatic carbocycles. The zero-order valence-electron chi connectivity index (χ0n) is 11.9. The summed E-state index contributed by atoms with van der Waals surface area (Å²) in [5.74, 6) is 0.675. The van der Waals surface area contributed by atoms with Crippen molar-refractivity contribution in [2.24, 2.45) is 0 Å². The number of hydrogen-bond acceptors (Lipinski definition) is 4. The van der Waals surface area contributed by atoms with Crippen LogP contribution in [0.5, 0.6) is 0 Å². The molecule has 2 heterocycles. The Morgan fingerprint density at radius 1 is 1.35 bits per heavy atom. The van der Waals surface area contributed by atoms with Gasteiger partial charge in [0.15, 0.2) is 5.78 Å². The van der Waals surface area contributed by atoms with Crippen molar-refractivity contribution in [3.05, 3.63) is 47.3 Å². The predicted octanol–water partition coefficient (Wildman–Crippen LogP) is 3.07. The second-order valence-corrected chi connectivity index (χ2v) is 5.28. The Labute approximate surface area is 118 Å². The first kappa shape index (κ1) is 12.8. The van der Waals surface area contributed by atoms with Gasteiger partial charge in [-0.05, 0) is 38.8 Å². The van der Waals surface area contributed by atoms with E-state index in [2.05, 4.69) is 40.0 Å². The zero-order valence-corrected chi connectivity index (χ0v) is 11.9. The molecule has 1 aromatic carbocycles. The summed E-state index contributed by atoms with van der Waals surface area (Å²) in [6.07, 6.45) is 2.63. The van der Waals surface area contributed by atoms with Gasteiger partial charge in [-0.15, -0.1) is 0 Å². The van der Waals surface area contributed by atoms with E-state index in [1.165, 1.54) is 5.56 Å². The highest BCUT2D eigenvalue weighted by atomic mass is 16.1. The Balaban J connectivity index is 2.06. The lowest BCUT2D eigenvalue weighted by Gasteiger charge is -2.23. The summed E-state index contributed by atoms with van der Waals surface area (Å²) < 4.78 is 0. The van der Waals surface area contributed by atoms with Crippen LogP contribution in [0, 0.1) is 6.92 Å². The average molecular weight is 267 g/mol. The van der Waals surface area contributed by atoms with Crippen LogP contribution < -0.4 is 4.90 Å². The van der Waals surface area contributed by atoms with E-state index < -0.39 is 0 Å². The molecule has 0 bridgehead atoms. The Morgan fingerprint density at radius 2 is 2.10 bits per heavy atom. The molecule has 0 saturated heterocycles. The summed E-state index contributed by atoms with van der Waals surface area (Å²) in [6.45, 7) is 5.56. The molecule has 4 heteroatoms. The quantitative estimate of drug-likeness (QED) is 0.784. The lowest BCUT2D eigenvalue weighted by molar-refractivity contribution is 0.101. The molecule has 0 unspecified atom stereocenters. The molecule has 1 atom stereocenters. The summed E-state index contributed by atoms with van der Waals surface area (Å²) in [5, 5.41) is 0. The number of ketones is 1. The molecule has 0 saturated carbocycles. The molecule has 4 nitrogen and oxygen atoms in total. The third kappa shape index (κ3) is 1.97. The number of carbonyl (C=O) groups excluding carboxylic acids is 1. The Morgan fingerprint density at radius 3 is 2.80 bits per heavy atom. The maximum absolute atomic E-state index is 11.5. The van der Waals surface area contributed by atoms with E-state index >= 15 is 0 Å². The highest BCUT2D eigenvalue weighted by Crippen LogP contribution is 2.36. The number of aromatic nitrogens is 2. The molecule has 1 aromatic heterocycles. The molecular weight excluding hydrogens is 250 g/mol. The third-order valence-corrected chi connectivity index (χ3v) is 3.77. The molecule has 0 spiro atoms. The highest BCUT2D eigenvalue weighted by molar-refractivity contribution is 5.94. The van der Waals surface area contributed by atoms with Gasteiger partial charge in [0.25, 0.3) is 0 Å². The van der Waals surface area contributed by atoms with Gasteiger partial charge in [-0.3, -0.25) is 4.79 Å². The maximum Gasteiger partial charge on any atom is 0.230 e. The second kappa shape index (κ2) is 4.71. The number of anilines is 2. The minimum atomic E-state index is 0.00363. The molecule has 20 heavy (non-hydrogen) atoms. The molecule has 0 radical (unpaired) electrons. The van der Waals surface area contributed by atoms with Gasteiger partial charge in [-0.2, -0.15) is 0 Å². The molecular formula is C16H17N3O. The Hall–Kier alpha value is -2.23. The van der Waals surface area contributed by atoms with Gasteiger partial charge in [-0.1, -0.05) is 18.2 Å². The largest absolute Gasteiger partial charge is 0.307 e. The van der Waals surface area contributed by atoms with Gasteiger partial charge >= 0.3 is 0 Å². The lowest BCUT2D eigenvalue weighted by atomic mass is 10.1. The van der Waals surface area contributed by atoms with Gasteiger partial charge in [0.1, 0.15) is 0 Å². The first-order valence-electron chi connectivity index (χ1n) is 6.79. The van der Waals surface area contributed by atoms with Crippen molar-refractivity contribution in [2.75, 3.05) is 4.90 Å². The van der Waals surface area contributed by atoms with Crippen LogP contribution >= 0.6 is 0 Å². The van der Waals surface area contributed by atoms with Crippen LogP contribution in [0.3, 0.4) is 0 Å². The second-order valence-electron chi connectivity index (χ2n) is 5.28. The molecule has 1 aliphatic heterocycles. The van der Waals surface area contributed by atoms with E-state index in [0.717, 1.165) is 17.8 Å². The minimum absolute atomic E-state index is 0.00363. The fourth-order valence-corrected chi connectivity index (χ4v) is 2.79. The van der Waals surface area contributed by atoms with E-state index in [1.54, 1.807) is 13.1 Å². The molecule has 102 valence electrons. The summed E-state index contributed by atoms with van der Waals surface area (Å²) >= 11 is 0. The lowest BCUT2D eigenvalue weighted by Crippen LogP contribution is -2.26. The topological polar surface area (TPSA) is 46.1 Å². The van der Waals surface area contributed by atoms with Crippen LogP contribution in [-0.4, -0.2) is 21.8 Å². The molecule has 0 fully saturated rings. The number of fused-ring (bicyclic) bond motifs is 1. The number of rotatable bonds is 2. The first-order chi connectivity index (χ1) is 9.58. The standard InChI is InChI=1S/C16H17N3O/c1-10-8-13-6-4-5-7-15(13)19(10)16-17-9-14(12(3)20)11(2)18-16/h4-7,9-10H,8H2,1-3H3/t10-/m1/s1. The SMILES string of the molecule is CC(=O)c1cnc(N2c3ccccc3C[C@H]2C)nc1C. The highest BCUT2D eigenvalue weighted by Gasteiger charge is 2.28. The fraction of sp³-hybridized carbons (Fsp3) is 0.312. The first-order valence-corrected chi connectivity index (χ1v) is 6.79. The number of para-hydroxylation sites is 1. The normalized spacial score (nSPS) is 17.1. The summed E-state index contributed by atoms with van der Waals surface area (Å²) in [6, 6.07) is 8.65. The van der Waals surface area contributed by atoms with Crippen LogP contribution in [0.15, 0.2) is 30.5 Å². The minimum Gasteiger partial charge on any atom is -0.307 e. The van der Waals surface area contributed by atoms with Crippen LogP contribution in [0.25, 0.3) is 0 Å². The summed E-state index contributed by atoms with van der Waals surface area (Å²) in [5.41, 5.74) is 3.81. The van der Waals surface area contributed by atoms with Crippen LogP contribution in [0.1, 0.15) is 35.5 Å². The zero-order chi connectivity index (χ0) is 14.3. The van der Waals surface area contributed by atoms with Crippen molar-refractivity contribution in [1.29, 1.82) is 0 Å². The van der Waals surface area contributed by atoms with Gasteiger partial charge in [0.05, 0.1) is 11.3 Å². The molecule has 0 N–H and O–H groups in total. The smallest absolute Gasteiger partial charge is 0.230 e. The fourth-order valence-electron chi connectivity index (χ4n) is 2.79. The summed E-state index contributed by atoms with van der Waals surface area (Å²) in [4.78, 5) is 22.5. The van der Waals surface area contributed by atoms with Gasteiger partial charge in [0, 0.05) is 17.9 Å². The Bertz CT molecular complexity index is 681. The van der Waals surface area contributed by atoms with Crippen molar-refractivity contribution in [3.63, 3.8) is 0 Å². The Kier molecular flexibility index (Phi) is 3.01. The molecule has 2 aromatic rings. The molecule has 3 rings (SSSR count). The van der Waals surface area contributed by atoms with E-state index in [4.69, 9.17) is 0 Å². The summed E-state index contributed by atoms with van der Waals surface area (Å²) in [7, 11) is 0. The van der Waals surface area contributed by atoms with Crippen molar-refractivity contribution in [3.8, 4) is 0 Å². The number of carbonyl (C=O) groups is 1. The third-order valence-electron chi connectivity index (χ3n) is 3.77. The predicted molar refractivity (Wildman–Crippen MR) is 78.5 cm³/mol. The number of nitrogens with zero attached hydrogens (tertiary/aromatic N) is 3. The van der Waals surface area contributed by atoms with Gasteiger partial charge in [-0.25, -0.2) is 9.97 Å². The number of benzene rings is 1. The maximum atomic E-state index is 11.5. The van der Waals surface area contributed by atoms with E-state index in [9.17, 15) is 4.79 Å². The monoisotopic (exact) mass is 267 g/mol. The van der Waals surface area contributed by atoms with Crippen molar-refractivity contribution < 1.29 is 4.79 Å². The number of Topliss-reactive ketones (excluding diaryl/α,β-unsaturated/α-hetero) is 1. The van der Waals surface area contributed by atoms with Crippen molar-refractivity contribution >= 4 is 17.4 Å². The van der Waals surface area contributed by atoms with Crippen molar-refractivity contribution in [1.82, 2.24) is 9.97 Å². The van der Waals surface area contributed by atoms with E-state index in [0.29, 0.717) is 17.6 Å².